The molecule has 0 bridgehead atoms. The third-order valence-electron chi connectivity index (χ3n) is 2.05. The summed E-state index contributed by atoms with van der Waals surface area (Å²) in [5, 5.41) is 0. The van der Waals surface area contributed by atoms with Gasteiger partial charge in [-0.05, 0) is 29.5 Å². The molecule has 20 heavy (non-hydrogen) atoms. The highest BCUT2D eigenvalue weighted by atomic mass is 127. The number of alkyl halides is 3. The van der Waals surface area contributed by atoms with E-state index in [0.717, 1.165) is 0 Å². The van der Waals surface area contributed by atoms with E-state index in [0.29, 0.717) is 0 Å². The molecule has 0 aliphatic rings. The summed E-state index contributed by atoms with van der Waals surface area (Å²) in [5.74, 6) is -1.10. The zero-order valence-corrected chi connectivity index (χ0v) is 12.7. The second kappa shape index (κ2) is 6.95. The van der Waals surface area contributed by atoms with Crippen molar-refractivity contribution in [3.05, 3.63) is 15.3 Å². The number of esters is 1. The molecule has 5 nitrogen and oxygen atoms in total. The summed E-state index contributed by atoms with van der Waals surface area (Å²) < 4.78 is 50.5. The first-order valence-corrected chi connectivity index (χ1v) is 6.49. The molecule has 0 aliphatic heterocycles. The average molecular weight is 405 g/mol. The number of rotatable bonds is 5. The maximum Gasteiger partial charge on any atom is 0.573 e. The van der Waals surface area contributed by atoms with Crippen LogP contribution in [-0.4, -0.2) is 31.0 Å². The van der Waals surface area contributed by atoms with Crippen molar-refractivity contribution in [3.8, 4) is 11.6 Å². The normalized spacial score (nSPS) is 11.1. The molecule has 1 aromatic heterocycles. The van der Waals surface area contributed by atoms with Crippen molar-refractivity contribution in [3.63, 3.8) is 0 Å². The minimum Gasteiger partial charge on any atom is -0.481 e. The first kappa shape index (κ1) is 16.8. The van der Waals surface area contributed by atoms with Crippen LogP contribution in [0.1, 0.15) is 12.5 Å². The van der Waals surface area contributed by atoms with Gasteiger partial charge in [-0.3, -0.25) is 4.79 Å². The fourth-order valence-corrected chi connectivity index (χ4v) is 2.05. The average Bonchev–Trinajstić information content (AvgIpc) is 2.32. The quantitative estimate of drug-likeness (QED) is 0.429. The van der Waals surface area contributed by atoms with E-state index in [1.807, 2.05) is 0 Å². The smallest absolute Gasteiger partial charge is 0.481 e. The van der Waals surface area contributed by atoms with Gasteiger partial charge in [-0.15, -0.1) is 13.2 Å². The van der Waals surface area contributed by atoms with Gasteiger partial charge in [-0.2, -0.15) is 0 Å². The Labute approximate surface area is 126 Å². The molecule has 0 N–H and O–H groups in total. The Hall–Kier alpha value is -1.26. The predicted octanol–water partition coefficient (Wildman–Crippen LogP) is 2.70. The fraction of sp³-hybridized carbons (Fsp3) is 0.455. The standard InChI is InChI=1S/C11H11F3INO4/c1-3-19-8(17)5-6-4-7(18-2)16-10(15)9(6)20-11(12,13)14/h4H,3,5H2,1-2H3. The van der Waals surface area contributed by atoms with E-state index >= 15 is 0 Å². The predicted molar refractivity (Wildman–Crippen MR) is 70.5 cm³/mol. The van der Waals surface area contributed by atoms with Crippen LogP contribution in [0.15, 0.2) is 6.07 Å². The first-order valence-electron chi connectivity index (χ1n) is 5.41. The Kier molecular flexibility index (Phi) is 5.84. The van der Waals surface area contributed by atoms with Crippen molar-refractivity contribution < 1.29 is 32.2 Å². The number of halogens is 4. The van der Waals surface area contributed by atoms with Crippen LogP contribution in [-0.2, 0) is 16.0 Å². The SMILES string of the molecule is CCOC(=O)Cc1cc(OC)nc(I)c1OC(F)(F)F. The number of methoxy groups -OCH3 is 1. The van der Waals surface area contributed by atoms with Gasteiger partial charge in [0.2, 0.25) is 5.88 Å². The zero-order chi connectivity index (χ0) is 15.3. The van der Waals surface area contributed by atoms with Gasteiger partial charge in [-0.25, -0.2) is 4.98 Å². The Bertz CT molecular complexity index is 493. The van der Waals surface area contributed by atoms with E-state index in [2.05, 4.69) is 9.72 Å². The molecule has 0 saturated carbocycles. The summed E-state index contributed by atoms with van der Waals surface area (Å²) >= 11 is 1.57. The molecule has 9 heteroatoms. The molecule has 0 aliphatic carbocycles. The second-order valence-corrected chi connectivity index (χ2v) is 4.50. The number of hydrogen-bond donors (Lipinski definition) is 0. The van der Waals surface area contributed by atoms with E-state index < -0.39 is 18.1 Å². The minimum atomic E-state index is -4.88. The molecule has 0 unspecified atom stereocenters. The van der Waals surface area contributed by atoms with Gasteiger partial charge in [0, 0.05) is 11.6 Å². The van der Waals surface area contributed by atoms with Crippen LogP contribution in [0.5, 0.6) is 11.6 Å². The Morgan fingerprint density at radius 1 is 1.45 bits per heavy atom. The molecule has 0 radical (unpaired) electrons. The van der Waals surface area contributed by atoms with Crippen LogP contribution >= 0.6 is 22.6 Å². The number of carbonyl (C=O) groups is 1. The van der Waals surface area contributed by atoms with Gasteiger partial charge >= 0.3 is 12.3 Å². The minimum absolute atomic E-state index is 0.00275. The van der Waals surface area contributed by atoms with Gasteiger partial charge in [0.05, 0.1) is 20.1 Å². The van der Waals surface area contributed by atoms with E-state index in [4.69, 9.17) is 9.47 Å². The molecule has 0 fully saturated rings. The van der Waals surface area contributed by atoms with Crippen LogP contribution in [0, 0.1) is 3.70 Å². The monoisotopic (exact) mass is 405 g/mol. The fourth-order valence-electron chi connectivity index (χ4n) is 1.35. The number of hydrogen-bond acceptors (Lipinski definition) is 5. The summed E-state index contributed by atoms with van der Waals surface area (Å²) in [5.41, 5.74) is -0.00275. The summed E-state index contributed by atoms with van der Waals surface area (Å²) in [6.45, 7) is 1.73. The van der Waals surface area contributed by atoms with Crippen LogP contribution in [0.2, 0.25) is 0 Å². The molecule has 0 amide bonds. The van der Waals surface area contributed by atoms with Crippen molar-refractivity contribution in [2.75, 3.05) is 13.7 Å². The van der Waals surface area contributed by atoms with Gasteiger partial charge in [0.15, 0.2) is 5.75 Å². The summed E-state index contributed by atoms with van der Waals surface area (Å²) in [4.78, 5) is 15.2. The van der Waals surface area contributed by atoms with Crippen molar-refractivity contribution in [1.82, 2.24) is 4.98 Å². The topological polar surface area (TPSA) is 57.7 Å². The van der Waals surface area contributed by atoms with Gasteiger partial charge < -0.3 is 14.2 Å². The van der Waals surface area contributed by atoms with Gasteiger partial charge in [-0.1, -0.05) is 0 Å². The largest absolute Gasteiger partial charge is 0.573 e. The molecular formula is C11H11F3INO4. The molecule has 112 valence electrons. The highest BCUT2D eigenvalue weighted by Gasteiger charge is 2.34. The van der Waals surface area contributed by atoms with E-state index in [-0.39, 0.29) is 28.2 Å². The number of carbonyl (C=O) groups excluding carboxylic acids is 1. The molecule has 0 saturated heterocycles. The molecule has 1 aromatic rings. The summed E-state index contributed by atoms with van der Waals surface area (Å²) in [6, 6.07) is 1.21. The van der Waals surface area contributed by atoms with Crippen molar-refractivity contribution in [2.24, 2.45) is 0 Å². The highest BCUT2D eigenvalue weighted by Crippen LogP contribution is 2.33. The number of nitrogens with zero attached hydrogens (tertiary/aromatic N) is 1. The molecule has 1 rings (SSSR count). The first-order chi connectivity index (χ1) is 9.26. The summed E-state index contributed by atoms with van der Waals surface area (Å²) in [7, 11) is 1.32. The van der Waals surface area contributed by atoms with Crippen LogP contribution < -0.4 is 9.47 Å². The van der Waals surface area contributed by atoms with E-state index in [1.54, 1.807) is 29.5 Å². The Morgan fingerprint density at radius 2 is 2.10 bits per heavy atom. The van der Waals surface area contributed by atoms with Crippen molar-refractivity contribution in [2.45, 2.75) is 19.7 Å². The van der Waals surface area contributed by atoms with Gasteiger partial charge in [0.25, 0.3) is 0 Å². The molecule has 0 spiro atoms. The van der Waals surface area contributed by atoms with Crippen LogP contribution in [0.4, 0.5) is 13.2 Å². The maximum absolute atomic E-state index is 12.4. The summed E-state index contributed by atoms with van der Waals surface area (Å²) in [6.07, 6.45) is -5.24. The highest BCUT2D eigenvalue weighted by molar-refractivity contribution is 14.1. The van der Waals surface area contributed by atoms with Crippen molar-refractivity contribution in [1.29, 1.82) is 0 Å². The van der Waals surface area contributed by atoms with Gasteiger partial charge in [0.1, 0.15) is 3.70 Å². The number of pyridine rings is 1. The number of aromatic nitrogens is 1. The molecular weight excluding hydrogens is 394 g/mol. The van der Waals surface area contributed by atoms with E-state index in [1.165, 1.54) is 13.2 Å². The van der Waals surface area contributed by atoms with Crippen molar-refractivity contribution >= 4 is 28.6 Å². The Morgan fingerprint density at radius 3 is 2.60 bits per heavy atom. The Balaban J connectivity index is 3.15. The lowest BCUT2D eigenvalue weighted by Gasteiger charge is -2.15. The molecule has 0 atom stereocenters. The lowest BCUT2D eigenvalue weighted by atomic mass is 10.2. The zero-order valence-electron chi connectivity index (χ0n) is 10.6. The molecule has 1 heterocycles. The van der Waals surface area contributed by atoms with Crippen LogP contribution in [0.25, 0.3) is 0 Å². The second-order valence-electron chi connectivity index (χ2n) is 3.47. The third kappa shape index (κ3) is 5.02. The van der Waals surface area contributed by atoms with E-state index in [9.17, 15) is 18.0 Å². The lowest BCUT2D eigenvalue weighted by Crippen LogP contribution is -2.20. The lowest BCUT2D eigenvalue weighted by molar-refractivity contribution is -0.275. The number of ether oxygens (including phenoxy) is 3. The molecule has 0 aromatic carbocycles. The third-order valence-corrected chi connectivity index (χ3v) is 2.78. The maximum atomic E-state index is 12.4. The van der Waals surface area contributed by atoms with Crippen LogP contribution in [0.3, 0.4) is 0 Å².